The molecule has 3 rings (SSSR count). The van der Waals surface area contributed by atoms with Crippen LogP contribution in [0.2, 0.25) is 0 Å². The predicted molar refractivity (Wildman–Crippen MR) is 75.5 cm³/mol. The number of rotatable bonds is 2. The molecule has 20 heavy (non-hydrogen) atoms. The van der Waals surface area contributed by atoms with Crippen LogP contribution in [-0.4, -0.2) is 22.9 Å². The average molecular weight is 276 g/mol. The van der Waals surface area contributed by atoms with Crippen LogP contribution < -0.4 is 5.32 Å². The first kappa shape index (κ1) is 13.6. The lowest BCUT2D eigenvalue weighted by Crippen LogP contribution is -2.41. The molecular weight excluding hydrogens is 255 g/mol. The Bertz CT molecular complexity index is 499. The molecule has 2 unspecified atom stereocenters. The van der Waals surface area contributed by atoms with E-state index in [1.54, 1.807) is 6.07 Å². The van der Waals surface area contributed by atoms with Crippen LogP contribution in [0.25, 0.3) is 0 Å². The van der Waals surface area contributed by atoms with Gasteiger partial charge >= 0.3 is 0 Å². The highest BCUT2D eigenvalue weighted by molar-refractivity contribution is 5.84. The summed E-state index contributed by atoms with van der Waals surface area (Å²) < 4.78 is 13.5. The van der Waals surface area contributed by atoms with E-state index < -0.39 is 0 Å². The molecule has 0 spiro atoms. The summed E-state index contributed by atoms with van der Waals surface area (Å²) in [7, 11) is 0. The maximum atomic E-state index is 13.5. The number of nitrogens with one attached hydrogen (secondary N) is 1. The Morgan fingerprint density at radius 1 is 1.25 bits per heavy atom. The number of carbonyl (C=O) groups is 1. The standard InChI is InChI=1S/C16H21FN2O/c1-11-16(20)19(14-8-3-2-4-9-14)15(18-11)12-6-5-7-13(17)10-12/h5-7,10-11,14-15,18H,2-4,8-9H2,1H3. The first-order valence-corrected chi connectivity index (χ1v) is 7.50. The van der Waals surface area contributed by atoms with Gasteiger partial charge < -0.3 is 4.90 Å². The highest BCUT2D eigenvalue weighted by atomic mass is 19.1. The summed E-state index contributed by atoms with van der Waals surface area (Å²) in [4.78, 5) is 14.4. The largest absolute Gasteiger partial charge is 0.319 e. The number of amides is 1. The molecule has 2 atom stereocenters. The van der Waals surface area contributed by atoms with Crippen LogP contribution >= 0.6 is 0 Å². The summed E-state index contributed by atoms with van der Waals surface area (Å²) >= 11 is 0. The van der Waals surface area contributed by atoms with Gasteiger partial charge in [-0.15, -0.1) is 0 Å². The molecule has 4 heteroatoms. The van der Waals surface area contributed by atoms with Crippen LogP contribution in [-0.2, 0) is 4.79 Å². The molecule has 3 nitrogen and oxygen atoms in total. The van der Waals surface area contributed by atoms with Crippen molar-refractivity contribution in [1.29, 1.82) is 0 Å². The Morgan fingerprint density at radius 2 is 2.00 bits per heavy atom. The fraction of sp³-hybridized carbons (Fsp3) is 0.562. The molecule has 1 saturated heterocycles. The highest BCUT2D eigenvalue weighted by Gasteiger charge is 2.41. The molecule has 2 fully saturated rings. The molecule has 0 bridgehead atoms. The van der Waals surface area contributed by atoms with E-state index in [0.717, 1.165) is 18.4 Å². The van der Waals surface area contributed by atoms with Gasteiger partial charge in [0.25, 0.3) is 0 Å². The van der Waals surface area contributed by atoms with Crippen molar-refractivity contribution >= 4 is 5.91 Å². The second-order valence-corrected chi connectivity index (χ2v) is 5.88. The van der Waals surface area contributed by atoms with Crippen LogP contribution in [0, 0.1) is 5.82 Å². The number of hydrogen-bond acceptors (Lipinski definition) is 2. The SMILES string of the molecule is CC1NC(c2cccc(F)c2)N(C2CCCCC2)C1=O. The molecule has 1 aliphatic heterocycles. The molecule has 1 amide bonds. The van der Waals surface area contributed by atoms with Crippen LogP contribution in [0.1, 0.15) is 50.8 Å². The van der Waals surface area contributed by atoms with Crippen molar-refractivity contribution in [1.82, 2.24) is 10.2 Å². The minimum Gasteiger partial charge on any atom is -0.319 e. The van der Waals surface area contributed by atoms with Crippen molar-refractivity contribution < 1.29 is 9.18 Å². The Balaban J connectivity index is 1.89. The minimum absolute atomic E-state index is 0.145. The number of halogens is 1. The zero-order chi connectivity index (χ0) is 14.1. The number of benzene rings is 1. The lowest BCUT2D eigenvalue weighted by atomic mass is 9.93. The lowest BCUT2D eigenvalue weighted by molar-refractivity contribution is -0.132. The van der Waals surface area contributed by atoms with Crippen molar-refractivity contribution in [3.63, 3.8) is 0 Å². The van der Waals surface area contributed by atoms with E-state index in [-0.39, 0.29) is 23.9 Å². The van der Waals surface area contributed by atoms with Crippen LogP contribution in [0.4, 0.5) is 4.39 Å². The molecule has 1 saturated carbocycles. The molecule has 1 heterocycles. The molecule has 1 aromatic rings. The van der Waals surface area contributed by atoms with Crippen LogP contribution in [0.5, 0.6) is 0 Å². The van der Waals surface area contributed by atoms with Gasteiger partial charge in [0, 0.05) is 6.04 Å². The molecule has 1 N–H and O–H groups in total. The molecule has 1 aromatic carbocycles. The quantitative estimate of drug-likeness (QED) is 0.900. The number of hydrogen-bond donors (Lipinski definition) is 1. The summed E-state index contributed by atoms with van der Waals surface area (Å²) in [6.07, 6.45) is 5.55. The second kappa shape index (κ2) is 5.52. The summed E-state index contributed by atoms with van der Waals surface area (Å²) in [5, 5.41) is 3.30. The summed E-state index contributed by atoms with van der Waals surface area (Å²) in [6.45, 7) is 1.89. The number of carbonyl (C=O) groups excluding carboxylic acids is 1. The van der Waals surface area contributed by atoms with E-state index in [1.807, 2.05) is 17.9 Å². The number of nitrogens with zero attached hydrogens (tertiary/aromatic N) is 1. The van der Waals surface area contributed by atoms with Gasteiger partial charge in [-0.3, -0.25) is 10.1 Å². The van der Waals surface area contributed by atoms with E-state index >= 15 is 0 Å². The van der Waals surface area contributed by atoms with Gasteiger partial charge in [0.15, 0.2) is 0 Å². The third-order valence-corrected chi connectivity index (χ3v) is 4.44. The van der Waals surface area contributed by atoms with Crippen molar-refractivity contribution in [2.24, 2.45) is 0 Å². The summed E-state index contributed by atoms with van der Waals surface area (Å²) in [5.74, 6) is -0.106. The topological polar surface area (TPSA) is 32.3 Å². The van der Waals surface area contributed by atoms with Gasteiger partial charge in [0.2, 0.25) is 5.91 Å². The molecule has 0 radical (unpaired) electrons. The second-order valence-electron chi connectivity index (χ2n) is 5.88. The third-order valence-electron chi connectivity index (χ3n) is 4.44. The fourth-order valence-electron chi connectivity index (χ4n) is 3.42. The molecule has 2 aliphatic rings. The van der Waals surface area contributed by atoms with Gasteiger partial charge in [-0.1, -0.05) is 31.4 Å². The van der Waals surface area contributed by atoms with Crippen molar-refractivity contribution in [2.45, 2.75) is 57.3 Å². The lowest BCUT2D eigenvalue weighted by Gasteiger charge is -2.35. The molecule has 0 aromatic heterocycles. The first-order valence-electron chi connectivity index (χ1n) is 7.50. The van der Waals surface area contributed by atoms with Gasteiger partial charge in [0.05, 0.1) is 6.04 Å². The van der Waals surface area contributed by atoms with E-state index in [2.05, 4.69) is 5.32 Å². The molecular formula is C16H21FN2O. The monoisotopic (exact) mass is 276 g/mol. The normalized spacial score (nSPS) is 28.1. The van der Waals surface area contributed by atoms with Gasteiger partial charge in [-0.05, 0) is 37.5 Å². The zero-order valence-corrected chi connectivity index (χ0v) is 11.8. The fourth-order valence-corrected chi connectivity index (χ4v) is 3.42. The predicted octanol–water partition coefficient (Wildman–Crippen LogP) is 2.98. The highest BCUT2D eigenvalue weighted by Crippen LogP contribution is 2.33. The Morgan fingerprint density at radius 3 is 2.70 bits per heavy atom. The third kappa shape index (κ3) is 2.44. The maximum Gasteiger partial charge on any atom is 0.241 e. The Hall–Kier alpha value is -1.42. The van der Waals surface area contributed by atoms with Gasteiger partial charge in [-0.2, -0.15) is 0 Å². The Labute approximate surface area is 119 Å². The molecule has 1 aliphatic carbocycles. The van der Waals surface area contributed by atoms with Gasteiger partial charge in [-0.25, -0.2) is 4.39 Å². The average Bonchev–Trinajstić information content (AvgIpc) is 2.76. The van der Waals surface area contributed by atoms with Crippen LogP contribution in [0.15, 0.2) is 24.3 Å². The van der Waals surface area contributed by atoms with E-state index in [0.29, 0.717) is 6.04 Å². The smallest absolute Gasteiger partial charge is 0.241 e. The van der Waals surface area contributed by atoms with E-state index in [9.17, 15) is 9.18 Å². The minimum atomic E-state index is -0.250. The van der Waals surface area contributed by atoms with Crippen molar-refractivity contribution in [2.75, 3.05) is 0 Å². The van der Waals surface area contributed by atoms with Crippen molar-refractivity contribution in [3.8, 4) is 0 Å². The first-order chi connectivity index (χ1) is 9.66. The summed E-state index contributed by atoms with van der Waals surface area (Å²) in [5.41, 5.74) is 0.841. The van der Waals surface area contributed by atoms with E-state index in [4.69, 9.17) is 0 Å². The van der Waals surface area contributed by atoms with Gasteiger partial charge in [0.1, 0.15) is 12.0 Å². The summed E-state index contributed by atoms with van der Waals surface area (Å²) in [6, 6.07) is 6.67. The Kier molecular flexibility index (Phi) is 3.74. The van der Waals surface area contributed by atoms with E-state index in [1.165, 1.54) is 31.4 Å². The van der Waals surface area contributed by atoms with Crippen molar-refractivity contribution in [3.05, 3.63) is 35.6 Å². The van der Waals surface area contributed by atoms with Crippen LogP contribution in [0.3, 0.4) is 0 Å². The maximum absolute atomic E-state index is 13.5. The zero-order valence-electron chi connectivity index (χ0n) is 11.8. The molecule has 108 valence electrons.